The Kier molecular flexibility index (Phi) is 6.06. The minimum Gasteiger partial charge on any atom is -0.497 e. The molecule has 0 atom stereocenters. The lowest BCUT2D eigenvalue weighted by Crippen LogP contribution is -2.18. The SMILES string of the molecule is C=CCSC(=S)NCc1cc2c3ccccc3n(C)c2c(-c2ccc(OC)cc2)n1. The molecule has 4 nitrogen and oxygen atoms in total. The minimum atomic E-state index is 0.575. The van der Waals surface area contributed by atoms with E-state index in [9.17, 15) is 0 Å². The van der Waals surface area contributed by atoms with Crippen LogP contribution >= 0.6 is 24.0 Å². The van der Waals surface area contributed by atoms with Crippen LogP contribution in [0.2, 0.25) is 0 Å². The van der Waals surface area contributed by atoms with Crippen molar-refractivity contribution >= 4 is 50.1 Å². The van der Waals surface area contributed by atoms with Gasteiger partial charge in [0.15, 0.2) is 0 Å². The standard InChI is InChI=1S/C24H23N3OS2/c1-4-13-30-24(29)25-15-17-14-20-19-7-5-6-8-21(19)27(2)23(20)22(26-17)16-9-11-18(28-3)12-10-16/h4-12,14H,1,13,15H2,2-3H3,(H,25,29). The molecule has 4 aromatic rings. The second kappa shape index (κ2) is 8.90. The lowest BCUT2D eigenvalue weighted by molar-refractivity contribution is 0.415. The van der Waals surface area contributed by atoms with E-state index in [0.717, 1.165) is 38.3 Å². The summed E-state index contributed by atoms with van der Waals surface area (Å²) in [5.74, 6) is 1.62. The van der Waals surface area contributed by atoms with Gasteiger partial charge in [-0.3, -0.25) is 0 Å². The molecule has 2 aromatic carbocycles. The molecule has 30 heavy (non-hydrogen) atoms. The number of thiocarbonyl (C=S) groups is 1. The molecule has 0 bridgehead atoms. The number of nitrogens with zero attached hydrogens (tertiary/aromatic N) is 2. The molecule has 2 aromatic heterocycles. The number of hydrogen-bond acceptors (Lipinski definition) is 4. The molecule has 0 fully saturated rings. The van der Waals surface area contributed by atoms with Crippen molar-refractivity contribution < 1.29 is 4.74 Å². The Hall–Kier alpha value is -2.83. The van der Waals surface area contributed by atoms with Crippen LogP contribution in [0.4, 0.5) is 0 Å². The van der Waals surface area contributed by atoms with Gasteiger partial charge >= 0.3 is 0 Å². The number of hydrogen-bond donors (Lipinski definition) is 1. The zero-order valence-corrected chi connectivity index (χ0v) is 18.6. The molecule has 0 amide bonds. The molecule has 0 aliphatic heterocycles. The lowest BCUT2D eigenvalue weighted by Gasteiger charge is -2.11. The molecule has 2 heterocycles. The van der Waals surface area contributed by atoms with E-state index < -0.39 is 0 Å². The molecule has 6 heteroatoms. The molecule has 0 aliphatic rings. The number of methoxy groups -OCH3 is 1. The predicted octanol–water partition coefficient (Wildman–Crippen LogP) is 5.70. The molecular formula is C24H23N3OS2. The monoisotopic (exact) mass is 433 g/mol. The summed E-state index contributed by atoms with van der Waals surface area (Å²) in [7, 11) is 3.77. The van der Waals surface area contributed by atoms with Gasteiger partial charge in [-0.1, -0.05) is 48.3 Å². The fourth-order valence-corrected chi connectivity index (χ4v) is 4.36. The first kappa shape index (κ1) is 20.4. The van der Waals surface area contributed by atoms with E-state index in [1.807, 2.05) is 18.2 Å². The van der Waals surface area contributed by atoms with Crippen LogP contribution < -0.4 is 10.1 Å². The molecule has 0 aliphatic carbocycles. The predicted molar refractivity (Wildman–Crippen MR) is 132 cm³/mol. The highest BCUT2D eigenvalue weighted by atomic mass is 32.2. The van der Waals surface area contributed by atoms with Gasteiger partial charge in [0.2, 0.25) is 0 Å². The third-order valence-electron chi connectivity index (χ3n) is 5.05. The summed E-state index contributed by atoms with van der Waals surface area (Å²) in [4.78, 5) is 5.02. The average Bonchev–Trinajstić information content (AvgIpc) is 3.08. The molecule has 0 spiro atoms. The largest absolute Gasteiger partial charge is 0.497 e. The van der Waals surface area contributed by atoms with Crippen molar-refractivity contribution in [2.45, 2.75) is 6.54 Å². The van der Waals surface area contributed by atoms with E-state index >= 15 is 0 Å². The number of para-hydroxylation sites is 1. The van der Waals surface area contributed by atoms with Gasteiger partial charge in [-0.05, 0) is 36.4 Å². The van der Waals surface area contributed by atoms with E-state index in [1.165, 1.54) is 16.3 Å². The number of thioether (sulfide) groups is 1. The van der Waals surface area contributed by atoms with E-state index in [-0.39, 0.29) is 0 Å². The smallest absolute Gasteiger partial charge is 0.134 e. The number of pyridine rings is 1. The molecule has 0 radical (unpaired) electrons. The number of ether oxygens (including phenoxy) is 1. The van der Waals surface area contributed by atoms with Gasteiger partial charge in [0, 0.05) is 34.7 Å². The number of aromatic nitrogens is 2. The second-order valence-corrected chi connectivity index (χ2v) is 8.60. The fraction of sp³-hybridized carbons (Fsp3) is 0.167. The van der Waals surface area contributed by atoms with Crippen molar-refractivity contribution in [3.05, 3.63) is 72.9 Å². The Bertz CT molecular complexity index is 1230. The zero-order valence-electron chi connectivity index (χ0n) is 17.0. The number of benzene rings is 2. The summed E-state index contributed by atoms with van der Waals surface area (Å²) >= 11 is 6.97. The number of nitrogens with one attached hydrogen (secondary N) is 1. The maximum Gasteiger partial charge on any atom is 0.134 e. The summed E-state index contributed by atoms with van der Waals surface area (Å²) in [6.07, 6.45) is 1.85. The molecule has 0 saturated carbocycles. The third-order valence-corrected chi connectivity index (χ3v) is 6.35. The Balaban J connectivity index is 1.84. The lowest BCUT2D eigenvalue weighted by atomic mass is 10.1. The number of fused-ring (bicyclic) bond motifs is 3. The Morgan fingerprint density at radius 2 is 1.97 bits per heavy atom. The highest BCUT2D eigenvalue weighted by molar-refractivity contribution is 8.23. The zero-order chi connectivity index (χ0) is 21.1. The first-order valence-electron chi connectivity index (χ1n) is 9.65. The van der Waals surface area contributed by atoms with Crippen molar-refractivity contribution in [2.75, 3.05) is 12.9 Å². The van der Waals surface area contributed by atoms with Crippen molar-refractivity contribution in [3.63, 3.8) is 0 Å². The Morgan fingerprint density at radius 1 is 1.20 bits per heavy atom. The topological polar surface area (TPSA) is 39.1 Å². The van der Waals surface area contributed by atoms with Crippen LogP contribution in [-0.4, -0.2) is 26.7 Å². The van der Waals surface area contributed by atoms with Crippen LogP contribution in [0.15, 0.2) is 67.3 Å². The van der Waals surface area contributed by atoms with Gasteiger partial charge in [-0.2, -0.15) is 0 Å². The van der Waals surface area contributed by atoms with Crippen LogP contribution in [0.3, 0.4) is 0 Å². The van der Waals surface area contributed by atoms with Gasteiger partial charge in [0.1, 0.15) is 10.1 Å². The normalized spacial score (nSPS) is 11.0. The average molecular weight is 434 g/mol. The van der Waals surface area contributed by atoms with Crippen LogP contribution in [-0.2, 0) is 13.6 Å². The van der Waals surface area contributed by atoms with Gasteiger partial charge in [-0.15, -0.1) is 6.58 Å². The summed E-state index contributed by atoms with van der Waals surface area (Å²) in [5.41, 5.74) is 5.26. The first-order chi connectivity index (χ1) is 14.6. The van der Waals surface area contributed by atoms with Gasteiger partial charge in [-0.25, -0.2) is 4.98 Å². The highest BCUT2D eigenvalue weighted by Gasteiger charge is 2.16. The number of aryl methyl sites for hydroxylation is 1. The second-order valence-electron chi connectivity index (χ2n) is 6.90. The fourth-order valence-electron chi connectivity index (χ4n) is 3.64. The van der Waals surface area contributed by atoms with Crippen LogP contribution in [0.5, 0.6) is 5.75 Å². The van der Waals surface area contributed by atoms with E-state index in [4.69, 9.17) is 21.9 Å². The Morgan fingerprint density at radius 3 is 2.70 bits per heavy atom. The maximum absolute atomic E-state index is 5.41. The maximum atomic E-state index is 5.41. The molecule has 4 rings (SSSR count). The van der Waals surface area contributed by atoms with Crippen LogP contribution in [0.1, 0.15) is 5.69 Å². The molecule has 152 valence electrons. The highest BCUT2D eigenvalue weighted by Crippen LogP contribution is 2.35. The van der Waals surface area contributed by atoms with Gasteiger partial charge < -0.3 is 14.6 Å². The summed E-state index contributed by atoms with van der Waals surface area (Å²) in [6.45, 7) is 4.32. The number of rotatable bonds is 6. The molecule has 0 saturated heterocycles. The van der Waals surface area contributed by atoms with Crippen molar-refractivity contribution in [3.8, 4) is 17.0 Å². The first-order valence-corrected chi connectivity index (χ1v) is 11.0. The van der Waals surface area contributed by atoms with E-state index in [1.54, 1.807) is 18.9 Å². The third kappa shape index (κ3) is 3.93. The summed E-state index contributed by atoms with van der Waals surface area (Å²) < 4.78 is 8.30. The van der Waals surface area contributed by atoms with E-state index in [0.29, 0.717) is 6.54 Å². The van der Waals surface area contributed by atoms with E-state index in [2.05, 4.69) is 66.0 Å². The summed E-state index contributed by atoms with van der Waals surface area (Å²) in [5, 5.41) is 5.72. The van der Waals surface area contributed by atoms with Crippen LogP contribution in [0.25, 0.3) is 33.1 Å². The Labute approximate surface area is 186 Å². The van der Waals surface area contributed by atoms with Crippen molar-refractivity contribution in [2.24, 2.45) is 7.05 Å². The summed E-state index contributed by atoms with van der Waals surface area (Å²) in [6, 6.07) is 18.7. The molecule has 0 unspecified atom stereocenters. The quantitative estimate of drug-likeness (QED) is 0.312. The molecule has 1 N–H and O–H groups in total. The van der Waals surface area contributed by atoms with Crippen molar-refractivity contribution in [1.29, 1.82) is 0 Å². The van der Waals surface area contributed by atoms with Crippen LogP contribution in [0, 0.1) is 0 Å². The van der Waals surface area contributed by atoms with Crippen molar-refractivity contribution in [1.82, 2.24) is 14.9 Å². The minimum absolute atomic E-state index is 0.575. The molecular weight excluding hydrogens is 410 g/mol. The van der Waals surface area contributed by atoms with Gasteiger partial charge in [0.25, 0.3) is 0 Å². The van der Waals surface area contributed by atoms with Gasteiger partial charge in [0.05, 0.1) is 30.6 Å².